The number of nitrogens with one attached hydrogen (secondary N) is 1. The molecule has 0 aliphatic heterocycles. The topological polar surface area (TPSA) is 81.2 Å². The van der Waals surface area contributed by atoms with Crippen LogP contribution in [0.5, 0.6) is 5.88 Å². The van der Waals surface area contributed by atoms with Gasteiger partial charge in [0.05, 0.1) is 12.3 Å². The molecule has 0 bridgehead atoms. The van der Waals surface area contributed by atoms with E-state index < -0.39 is 10.0 Å². The van der Waals surface area contributed by atoms with Gasteiger partial charge in [-0.15, -0.1) is 21.5 Å². The van der Waals surface area contributed by atoms with Crippen molar-refractivity contribution in [1.29, 1.82) is 0 Å². The Morgan fingerprint density at radius 3 is 2.62 bits per heavy atom. The molecular weight excluding hydrogens is 370 g/mol. The van der Waals surface area contributed by atoms with Crippen LogP contribution in [0.25, 0.3) is 11.3 Å². The second-order valence-electron chi connectivity index (χ2n) is 6.08. The van der Waals surface area contributed by atoms with Gasteiger partial charge in [0.2, 0.25) is 5.88 Å². The first-order chi connectivity index (χ1) is 12.4. The summed E-state index contributed by atoms with van der Waals surface area (Å²) in [6, 6.07) is 13.9. The number of nitrogens with zero attached hydrogens (tertiary/aromatic N) is 2. The van der Waals surface area contributed by atoms with Gasteiger partial charge in [0, 0.05) is 17.3 Å². The number of rotatable bonds is 7. The van der Waals surface area contributed by atoms with Crippen molar-refractivity contribution in [2.24, 2.45) is 5.92 Å². The number of hydrogen-bond acceptors (Lipinski definition) is 6. The number of hydrogen-bond donors (Lipinski definition) is 1. The summed E-state index contributed by atoms with van der Waals surface area (Å²) in [5, 5.41) is 9.95. The lowest BCUT2D eigenvalue weighted by molar-refractivity contribution is 0.258. The molecule has 0 atom stereocenters. The Labute approximate surface area is 156 Å². The minimum absolute atomic E-state index is 0.273. The van der Waals surface area contributed by atoms with E-state index in [1.54, 1.807) is 47.8 Å². The van der Waals surface area contributed by atoms with Crippen LogP contribution in [-0.2, 0) is 10.0 Å². The van der Waals surface area contributed by atoms with Crippen LogP contribution >= 0.6 is 11.3 Å². The van der Waals surface area contributed by atoms with E-state index >= 15 is 0 Å². The van der Waals surface area contributed by atoms with E-state index in [9.17, 15) is 8.42 Å². The Kier molecular flexibility index (Phi) is 5.53. The average Bonchev–Trinajstić information content (AvgIpc) is 3.16. The van der Waals surface area contributed by atoms with Gasteiger partial charge in [-0.05, 0) is 35.6 Å². The molecule has 2 heterocycles. The fourth-order valence-corrected chi connectivity index (χ4v) is 4.21. The van der Waals surface area contributed by atoms with Gasteiger partial charge in [0.15, 0.2) is 0 Å². The molecule has 0 saturated carbocycles. The van der Waals surface area contributed by atoms with Crippen molar-refractivity contribution < 1.29 is 13.2 Å². The Hall–Kier alpha value is -2.45. The summed E-state index contributed by atoms with van der Waals surface area (Å²) in [5.41, 5.74) is 1.87. The first-order valence-electron chi connectivity index (χ1n) is 8.07. The monoisotopic (exact) mass is 389 g/mol. The highest BCUT2D eigenvalue weighted by Gasteiger charge is 2.15. The third-order valence-electron chi connectivity index (χ3n) is 3.38. The van der Waals surface area contributed by atoms with Crippen LogP contribution in [0, 0.1) is 5.92 Å². The van der Waals surface area contributed by atoms with Gasteiger partial charge in [-0.3, -0.25) is 4.72 Å². The first kappa shape index (κ1) is 18.3. The molecule has 1 N–H and O–H groups in total. The van der Waals surface area contributed by atoms with Crippen molar-refractivity contribution in [3.63, 3.8) is 0 Å². The molecule has 0 radical (unpaired) electrons. The van der Waals surface area contributed by atoms with E-state index in [2.05, 4.69) is 28.8 Å². The van der Waals surface area contributed by atoms with Gasteiger partial charge in [-0.25, -0.2) is 8.42 Å². The van der Waals surface area contributed by atoms with Crippen molar-refractivity contribution in [3.05, 3.63) is 53.9 Å². The minimum atomic E-state index is -3.58. The fraction of sp³-hybridized carbons (Fsp3) is 0.222. The summed E-state index contributed by atoms with van der Waals surface area (Å²) in [6.45, 7) is 4.70. The molecule has 3 aromatic rings. The number of ether oxygens (including phenoxy) is 1. The molecule has 136 valence electrons. The van der Waals surface area contributed by atoms with Crippen LogP contribution in [0.2, 0.25) is 0 Å². The van der Waals surface area contributed by atoms with Crippen molar-refractivity contribution in [2.45, 2.75) is 18.1 Å². The van der Waals surface area contributed by atoms with Crippen LogP contribution in [0.3, 0.4) is 0 Å². The van der Waals surface area contributed by atoms with Crippen molar-refractivity contribution >= 4 is 27.0 Å². The number of sulfonamides is 1. The number of anilines is 1. The average molecular weight is 390 g/mol. The van der Waals surface area contributed by atoms with Crippen LogP contribution in [0.4, 0.5) is 5.69 Å². The maximum Gasteiger partial charge on any atom is 0.271 e. The van der Waals surface area contributed by atoms with Gasteiger partial charge < -0.3 is 4.74 Å². The zero-order chi connectivity index (χ0) is 18.6. The van der Waals surface area contributed by atoms with Gasteiger partial charge in [-0.2, -0.15) is 0 Å². The normalized spacial score (nSPS) is 11.5. The molecule has 26 heavy (non-hydrogen) atoms. The first-order valence-corrected chi connectivity index (χ1v) is 10.4. The highest BCUT2D eigenvalue weighted by molar-refractivity contribution is 7.94. The highest BCUT2D eigenvalue weighted by atomic mass is 32.2. The van der Waals surface area contributed by atoms with Crippen LogP contribution in [-0.4, -0.2) is 25.2 Å². The Bertz CT molecular complexity index is 954. The lowest BCUT2D eigenvalue weighted by Gasteiger charge is -2.09. The predicted molar refractivity (Wildman–Crippen MR) is 103 cm³/mol. The predicted octanol–water partition coefficient (Wildman–Crippen LogP) is 4.04. The highest BCUT2D eigenvalue weighted by Crippen LogP contribution is 2.24. The Morgan fingerprint density at radius 1 is 1.12 bits per heavy atom. The lowest BCUT2D eigenvalue weighted by atomic mass is 10.1. The number of thiophene rings is 1. The molecule has 0 aliphatic carbocycles. The quantitative estimate of drug-likeness (QED) is 0.659. The molecule has 0 unspecified atom stereocenters. The maximum absolute atomic E-state index is 12.3. The smallest absolute Gasteiger partial charge is 0.271 e. The van der Waals surface area contributed by atoms with Crippen molar-refractivity contribution in [3.8, 4) is 17.1 Å². The van der Waals surface area contributed by atoms with Gasteiger partial charge in [0.1, 0.15) is 4.21 Å². The molecule has 8 heteroatoms. The van der Waals surface area contributed by atoms with Crippen LogP contribution < -0.4 is 9.46 Å². The fourth-order valence-electron chi connectivity index (χ4n) is 2.17. The number of aromatic nitrogens is 2. The summed E-state index contributed by atoms with van der Waals surface area (Å²) in [4.78, 5) is 0. The second-order valence-corrected chi connectivity index (χ2v) is 8.94. The largest absolute Gasteiger partial charge is 0.476 e. The molecule has 1 aromatic carbocycles. The van der Waals surface area contributed by atoms with E-state index in [0.717, 1.165) is 5.56 Å². The molecule has 0 aliphatic rings. The lowest BCUT2D eigenvalue weighted by Crippen LogP contribution is -2.11. The molecule has 3 rings (SSSR count). The second kappa shape index (κ2) is 7.84. The Balaban J connectivity index is 1.77. The minimum Gasteiger partial charge on any atom is -0.476 e. The molecule has 2 aromatic heterocycles. The molecular formula is C18H19N3O3S2. The summed E-state index contributed by atoms with van der Waals surface area (Å²) >= 11 is 1.17. The molecule has 0 fully saturated rings. The van der Waals surface area contributed by atoms with E-state index in [0.29, 0.717) is 29.8 Å². The molecule has 0 amide bonds. The zero-order valence-corrected chi connectivity index (χ0v) is 16.0. The summed E-state index contributed by atoms with van der Waals surface area (Å²) in [6.07, 6.45) is 0. The van der Waals surface area contributed by atoms with Crippen molar-refractivity contribution in [2.75, 3.05) is 11.3 Å². The van der Waals surface area contributed by atoms with Crippen LogP contribution in [0.15, 0.2) is 58.1 Å². The molecule has 0 spiro atoms. The van der Waals surface area contributed by atoms with Crippen LogP contribution in [0.1, 0.15) is 13.8 Å². The zero-order valence-electron chi connectivity index (χ0n) is 14.4. The third-order valence-corrected chi connectivity index (χ3v) is 6.15. The molecule has 6 nitrogen and oxygen atoms in total. The van der Waals surface area contributed by atoms with E-state index in [1.807, 2.05) is 6.07 Å². The summed E-state index contributed by atoms with van der Waals surface area (Å²) in [5.74, 6) is 0.876. The third kappa shape index (κ3) is 4.59. The van der Waals surface area contributed by atoms with Gasteiger partial charge >= 0.3 is 0 Å². The standard InChI is InChI=1S/C18H19N3O3S2/c1-13(2)12-24-17-9-8-16(19-20-17)14-5-3-6-15(11-14)21-26(22,23)18-7-4-10-25-18/h3-11,13,21H,12H2,1-2H3. The van der Waals surface area contributed by atoms with Crippen molar-refractivity contribution in [1.82, 2.24) is 10.2 Å². The van der Waals surface area contributed by atoms with E-state index in [1.165, 1.54) is 11.3 Å². The van der Waals surface area contributed by atoms with Gasteiger partial charge in [-0.1, -0.05) is 32.0 Å². The van der Waals surface area contributed by atoms with Gasteiger partial charge in [0.25, 0.3) is 10.0 Å². The number of benzene rings is 1. The SMILES string of the molecule is CC(C)COc1ccc(-c2cccc(NS(=O)(=O)c3cccs3)c2)nn1. The van der Waals surface area contributed by atoms with E-state index in [4.69, 9.17) is 4.74 Å². The maximum atomic E-state index is 12.3. The summed E-state index contributed by atoms with van der Waals surface area (Å²) < 4.78 is 33.1. The Morgan fingerprint density at radius 2 is 1.96 bits per heavy atom. The summed E-state index contributed by atoms with van der Waals surface area (Å²) in [7, 11) is -3.58. The van der Waals surface area contributed by atoms with E-state index in [-0.39, 0.29) is 4.21 Å². The molecule has 0 saturated heterocycles.